The highest BCUT2D eigenvalue weighted by molar-refractivity contribution is 7.82. The van der Waals surface area contributed by atoms with Gasteiger partial charge in [-0.2, -0.15) is 12.6 Å². The summed E-state index contributed by atoms with van der Waals surface area (Å²) in [7, 11) is 1.57. The fourth-order valence-electron chi connectivity index (χ4n) is 0.942. The van der Waals surface area contributed by atoms with Crippen molar-refractivity contribution >= 4 is 21.2 Å². The van der Waals surface area contributed by atoms with Gasteiger partial charge in [0.1, 0.15) is 0 Å². The smallest absolute Gasteiger partial charge is 0.347 e. The van der Waals surface area contributed by atoms with E-state index in [4.69, 9.17) is 8.85 Å². The van der Waals surface area contributed by atoms with Crippen LogP contribution in [-0.2, 0) is 8.85 Å². The van der Waals surface area contributed by atoms with Gasteiger partial charge in [0.25, 0.3) is 0 Å². The summed E-state index contributed by atoms with van der Waals surface area (Å²) >= 11 is 4.25. The Bertz CT molecular complexity index is 88.2. The fraction of sp³-hybridized carbons (Fsp3) is 1.00. The second kappa shape index (κ2) is 6.05. The number of rotatable bonds is 6. The lowest BCUT2D eigenvalue weighted by atomic mass is 10.4. The lowest BCUT2D eigenvalue weighted by molar-refractivity contribution is 0.247. The van der Waals surface area contributed by atoms with Crippen LogP contribution in [0.15, 0.2) is 0 Å². The largest absolute Gasteiger partial charge is 0.397 e. The summed E-state index contributed by atoms with van der Waals surface area (Å²) in [4.78, 5) is 0. The Labute approximate surface area is 75.9 Å². The predicted octanol–water partition coefficient (Wildman–Crippen LogP) is 1.99. The molecule has 0 saturated heterocycles. The number of unbranched alkanes of at least 4 members (excludes halogenated alkanes) is 1. The molecule has 0 amide bonds. The molecule has 11 heavy (non-hydrogen) atoms. The van der Waals surface area contributed by atoms with Gasteiger partial charge in [-0.05, 0) is 6.04 Å². The number of hydrogen-bond donors (Lipinski definition) is 1. The van der Waals surface area contributed by atoms with E-state index in [-0.39, 0.29) is 0 Å². The van der Waals surface area contributed by atoms with Crippen molar-refractivity contribution < 1.29 is 8.85 Å². The molecule has 0 aliphatic heterocycles. The molecule has 0 atom stereocenters. The van der Waals surface area contributed by atoms with Crippen molar-refractivity contribution in [2.45, 2.75) is 25.8 Å². The Morgan fingerprint density at radius 2 is 1.82 bits per heavy atom. The third-order valence-corrected chi connectivity index (χ3v) is 6.43. The van der Waals surface area contributed by atoms with Crippen LogP contribution in [0.4, 0.5) is 0 Å². The predicted molar refractivity (Wildman–Crippen MR) is 53.3 cm³/mol. The molecular weight excluding hydrogens is 176 g/mol. The van der Waals surface area contributed by atoms with E-state index in [1.54, 1.807) is 14.2 Å². The van der Waals surface area contributed by atoms with Gasteiger partial charge in [-0.15, -0.1) is 0 Å². The lowest BCUT2D eigenvalue weighted by Gasteiger charge is -2.25. The molecule has 0 radical (unpaired) electrons. The molecule has 0 bridgehead atoms. The minimum atomic E-state index is -1.87. The normalized spacial score (nSPS) is 12.0. The van der Waals surface area contributed by atoms with E-state index in [0.717, 1.165) is 11.4 Å². The molecular formula is C7H18O2SSi. The first kappa shape index (κ1) is 11.5. The van der Waals surface area contributed by atoms with E-state index in [2.05, 4.69) is 19.6 Å². The summed E-state index contributed by atoms with van der Waals surface area (Å²) in [5.74, 6) is 0. The minimum absolute atomic E-state index is 0.750. The van der Waals surface area contributed by atoms with Crippen LogP contribution in [0.25, 0.3) is 0 Å². The van der Waals surface area contributed by atoms with Crippen molar-refractivity contribution in [2.24, 2.45) is 0 Å². The van der Waals surface area contributed by atoms with Crippen LogP contribution in [0.1, 0.15) is 19.8 Å². The maximum atomic E-state index is 5.38. The van der Waals surface area contributed by atoms with Gasteiger partial charge in [-0.1, -0.05) is 19.8 Å². The molecule has 0 fully saturated rings. The Morgan fingerprint density at radius 1 is 1.27 bits per heavy atom. The van der Waals surface area contributed by atoms with Crippen molar-refractivity contribution in [3.05, 3.63) is 0 Å². The van der Waals surface area contributed by atoms with Crippen LogP contribution in [0.5, 0.6) is 0 Å². The molecule has 0 heterocycles. The average Bonchev–Trinajstić information content (AvgIpc) is 2.08. The SMILES string of the molecule is CCCC[Si](CS)(OC)OC. The summed E-state index contributed by atoms with van der Waals surface area (Å²) in [6, 6.07) is 1.06. The molecule has 0 aliphatic carbocycles. The standard InChI is InChI=1S/C7H18O2SSi/c1-4-5-6-11(7-10,8-2)9-3/h10H,4-7H2,1-3H3. The molecule has 0 aromatic carbocycles. The van der Waals surface area contributed by atoms with Gasteiger partial charge in [0.05, 0.1) is 0 Å². The van der Waals surface area contributed by atoms with Crippen LogP contribution in [0.3, 0.4) is 0 Å². The van der Waals surface area contributed by atoms with Gasteiger partial charge in [-0.25, -0.2) is 0 Å². The third kappa shape index (κ3) is 3.60. The molecule has 68 valence electrons. The molecule has 0 unspecified atom stereocenters. The summed E-state index contributed by atoms with van der Waals surface area (Å²) in [6.07, 6.45) is 2.36. The zero-order valence-electron chi connectivity index (χ0n) is 7.59. The van der Waals surface area contributed by atoms with Crippen LogP contribution < -0.4 is 0 Å². The molecule has 0 saturated carbocycles. The molecule has 0 aliphatic rings. The van der Waals surface area contributed by atoms with Crippen molar-refractivity contribution in [3.8, 4) is 0 Å². The van der Waals surface area contributed by atoms with Gasteiger partial charge < -0.3 is 8.85 Å². The topological polar surface area (TPSA) is 18.5 Å². The molecule has 0 N–H and O–H groups in total. The van der Waals surface area contributed by atoms with E-state index < -0.39 is 8.56 Å². The maximum absolute atomic E-state index is 5.38. The van der Waals surface area contributed by atoms with E-state index >= 15 is 0 Å². The summed E-state index contributed by atoms with van der Waals surface area (Å²) in [6.45, 7) is 2.17. The zero-order valence-corrected chi connectivity index (χ0v) is 9.49. The highest BCUT2D eigenvalue weighted by Gasteiger charge is 2.32. The Balaban J connectivity index is 3.84. The lowest BCUT2D eigenvalue weighted by Crippen LogP contribution is -2.42. The van der Waals surface area contributed by atoms with Gasteiger partial charge >= 0.3 is 8.56 Å². The summed E-state index contributed by atoms with van der Waals surface area (Å²) < 4.78 is 10.8. The highest BCUT2D eigenvalue weighted by atomic mass is 32.1. The van der Waals surface area contributed by atoms with Gasteiger partial charge in [0.15, 0.2) is 0 Å². The number of thiol groups is 1. The molecule has 0 aromatic heterocycles. The Morgan fingerprint density at radius 3 is 2.09 bits per heavy atom. The number of hydrogen-bond acceptors (Lipinski definition) is 3. The molecule has 2 nitrogen and oxygen atoms in total. The monoisotopic (exact) mass is 194 g/mol. The Kier molecular flexibility index (Phi) is 6.32. The van der Waals surface area contributed by atoms with Gasteiger partial charge in [-0.3, -0.25) is 0 Å². The highest BCUT2D eigenvalue weighted by Crippen LogP contribution is 2.16. The Hall–Kier alpha value is 0.487. The van der Waals surface area contributed by atoms with Crippen molar-refractivity contribution in [1.82, 2.24) is 0 Å². The van der Waals surface area contributed by atoms with Crippen LogP contribution in [0, 0.1) is 0 Å². The van der Waals surface area contributed by atoms with E-state index in [1.165, 1.54) is 12.8 Å². The molecule has 0 rings (SSSR count). The second-order valence-corrected chi connectivity index (χ2v) is 6.98. The fourth-order valence-corrected chi connectivity index (χ4v) is 4.07. The van der Waals surface area contributed by atoms with E-state index in [1.807, 2.05) is 0 Å². The first-order valence-corrected chi connectivity index (χ1v) is 6.82. The van der Waals surface area contributed by atoms with E-state index in [9.17, 15) is 0 Å². The third-order valence-electron chi connectivity index (χ3n) is 1.90. The van der Waals surface area contributed by atoms with Crippen molar-refractivity contribution in [1.29, 1.82) is 0 Å². The maximum Gasteiger partial charge on any atom is 0.347 e. The first-order valence-electron chi connectivity index (χ1n) is 3.96. The summed E-state index contributed by atoms with van der Waals surface area (Å²) in [5.41, 5.74) is 0. The quantitative estimate of drug-likeness (QED) is 0.515. The molecule has 4 heteroatoms. The van der Waals surface area contributed by atoms with Crippen molar-refractivity contribution in [3.63, 3.8) is 0 Å². The van der Waals surface area contributed by atoms with Crippen LogP contribution in [-0.4, -0.2) is 28.2 Å². The first-order chi connectivity index (χ1) is 5.24. The average molecular weight is 194 g/mol. The second-order valence-electron chi connectivity index (χ2n) is 2.58. The van der Waals surface area contributed by atoms with Crippen LogP contribution in [0.2, 0.25) is 6.04 Å². The molecule has 0 aromatic rings. The van der Waals surface area contributed by atoms with Gasteiger partial charge in [0.2, 0.25) is 0 Å². The molecule has 0 spiro atoms. The van der Waals surface area contributed by atoms with Crippen LogP contribution >= 0.6 is 12.6 Å². The summed E-state index contributed by atoms with van der Waals surface area (Å²) in [5, 5.41) is 0.750. The zero-order chi connectivity index (χ0) is 8.74. The van der Waals surface area contributed by atoms with E-state index in [0.29, 0.717) is 0 Å². The minimum Gasteiger partial charge on any atom is -0.397 e. The van der Waals surface area contributed by atoms with Crippen molar-refractivity contribution in [2.75, 3.05) is 19.6 Å². The van der Waals surface area contributed by atoms with Gasteiger partial charge in [0, 0.05) is 19.6 Å².